The fourth-order valence-electron chi connectivity index (χ4n) is 2.57. The Bertz CT molecular complexity index is 671. The summed E-state index contributed by atoms with van der Waals surface area (Å²) in [7, 11) is 3.56. The van der Waals surface area contributed by atoms with Gasteiger partial charge in [0.15, 0.2) is 0 Å². The summed E-state index contributed by atoms with van der Waals surface area (Å²) in [5.41, 5.74) is 2.11. The van der Waals surface area contributed by atoms with Gasteiger partial charge in [0.25, 0.3) is 0 Å². The normalized spacial score (nSPS) is 10.6. The second-order valence-corrected chi connectivity index (χ2v) is 5.84. The van der Waals surface area contributed by atoms with Crippen molar-refractivity contribution in [2.24, 2.45) is 0 Å². The number of carbonyl (C=O) groups excluding carboxylic acids is 1. The van der Waals surface area contributed by atoms with Crippen LogP contribution in [0.5, 0.6) is 11.5 Å². The third kappa shape index (κ3) is 6.12. The smallest absolute Gasteiger partial charge is 0.234 e. The highest BCUT2D eigenvalue weighted by Gasteiger charge is 2.09. The van der Waals surface area contributed by atoms with Crippen molar-refractivity contribution in [1.29, 1.82) is 0 Å². The van der Waals surface area contributed by atoms with E-state index in [0.717, 1.165) is 22.6 Å². The summed E-state index contributed by atoms with van der Waals surface area (Å²) in [6.07, 6.45) is 0. The van der Waals surface area contributed by atoms with Gasteiger partial charge in [-0.25, -0.2) is 0 Å². The predicted molar refractivity (Wildman–Crippen MR) is 98.8 cm³/mol. The number of para-hydroxylation sites is 1. The molecular formula is C20H26N2O3. The van der Waals surface area contributed by atoms with Gasteiger partial charge in [0.05, 0.1) is 20.3 Å². The third-order valence-electron chi connectivity index (χ3n) is 3.77. The van der Waals surface area contributed by atoms with Crippen molar-refractivity contribution in [3.63, 3.8) is 0 Å². The van der Waals surface area contributed by atoms with E-state index in [-0.39, 0.29) is 5.91 Å². The lowest BCUT2D eigenvalue weighted by atomic mass is 10.2. The molecule has 0 saturated carbocycles. The Hall–Kier alpha value is -2.53. The highest BCUT2D eigenvalue weighted by molar-refractivity contribution is 5.78. The maximum absolute atomic E-state index is 12.1. The average Bonchev–Trinajstić information content (AvgIpc) is 2.62. The molecule has 0 unspecified atom stereocenters. The van der Waals surface area contributed by atoms with E-state index < -0.39 is 0 Å². The summed E-state index contributed by atoms with van der Waals surface area (Å²) in [6, 6.07) is 15.6. The first-order chi connectivity index (χ1) is 12.1. The van der Waals surface area contributed by atoms with Gasteiger partial charge in [0.1, 0.15) is 11.5 Å². The van der Waals surface area contributed by atoms with Gasteiger partial charge in [-0.2, -0.15) is 0 Å². The van der Waals surface area contributed by atoms with Crippen LogP contribution in [0.2, 0.25) is 0 Å². The number of nitrogens with one attached hydrogen (secondary N) is 1. The van der Waals surface area contributed by atoms with Crippen molar-refractivity contribution in [1.82, 2.24) is 10.2 Å². The van der Waals surface area contributed by atoms with Gasteiger partial charge in [-0.05, 0) is 37.7 Å². The van der Waals surface area contributed by atoms with Crippen LogP contribution < -0.4 is 14.8 Å². The molecule has 0 bridgehead atoms. The van der Waals surface area contributed by atoms with Crippen LogP contribution in [0.3, 0.4) is 0 Å². The number of likely N-dealkylation sites (N-methyl/N-ethyl adjacent to an activating group) is 1. The Balaban J connectivity index is 1.79. The first-order valence-electron chi connectivity index (χ1n) is 8.41. The molecule has 0 aromatic heterocycles. The van der Waals surface area contributed by atoms with Crippen LogP contribution in [0.1, 0.15) is 18.1 Å². The molecule has 2 aromatic rings. The number of benzene rings is 2. The van der Waals surface area contributed by atoms with Crippen LogP contribution in [0.4, 0.5) is 0 Å². The number of carbonyl (C=O) groups is 1. The third-order valence-corrected chi connectivity index (χ3v) is 3.77. The van der Waals surface area contributed by atoms with E-state index in [0.29, 0.717) is 26.2 Å². The van der Waals surface area contributed by atoms with Crippen LogP contribution >= 0.6 is 0 Å². The quantitative estimate of drug-likeness (QED) is 0.761. The van der Waals surface area contributed by atoms with E-state index in [2.05, 4.69) is 5.32 Å². The molecule has 0 spiro atoms. The van der Waals surface area contributed by atoms with Gasteiger partial charge >= 0.3 is 0 Å². The highest BCUT2D eigenvalue weighted by atomic mass is 16.5. The first kappa shape index (κ1) is 18.8. The minimum absolute atomic E-state index is 0.0145. The molecule has 0 radical (unpaired) electrons. The number of ether oxygens (including phenoxy) is 2. The van der Waals surface area contributed by atoms with Gasteiger partial charge in [-0.15, -0.1) is 0 Å². The van der Waals surface area contributed by atoms with Gasteiger partial charge in [0.2, 0.25) is 5.91 Å². The fraction of sp³-hybridized carbons (Fsp3) is 0.350. The minimum Gasteiger partial charge on any atom is -0.496 e. The molecule has 0 aliphatic rings. The molecule has 1 amide bonds. The average molecular weight is 342 g/mol. The lowest BCUT2D eigenvalue weighted by Crippen LogP contribution is -2.34. The van der Waals surface area contributed by atoms with Gasteiger partial charge in [-0.3, -0.25) is 9.69 Å². The van der Waals surface area contributed by atoms with E-state index >= 15 is 0 Å². The number of amides is 1. The predicted octanol–water partition coefficient (Wildman–Crippen LogP) is 2.84. The first-order valence-corrected chi connectivity index (χ1v) is 8.41. The zero-order chi connectivity index (χ0) is 18.1. The number of nitrogens with zero attached hydrogens (tertiary/aromatic N) is 1. The standard InChI is InChI=1S/C20H26N2O3/c1-4-25-18-11-9-16(10-12-18)14-22(2)15-20(23)21-13-17-7-5-6-8-19(17)24-3/h5-12H,4,13-15H2,1-3H3,(H,21,23). The van der Waals surface area contributed by atoms with E-state index in [1.54, 1.807) is 7.11 Å². The van der Waals surface area contributed by atoms with Crippen molar-refractivity contribution in [2.75, 3.05) is 27.3 Å². The maximum atomic E-state index is 12.1. The fourth-order valence-corrected chi connectivity index (χ4v) is 2.57. The molecule has 0 heterocycles. The molecule has 5 nitrogen and oxygen atoms in total. The Labute approximate surface area is 149 Å². The van der Waals surface area contributed by atoms with Crippen LogP contribution in [0.15, 0.2) is 48.5 Å². The summed E-state index contributed by atoms with van der Waals surface area (Å²) < 4.78 is 10.7. The molecular weight excluding hydrogens is 316 g/mol. The zero-order valence-electron chi connectivity index (χ0n) is 15.1. The Morgan fingerprint density at radius 2 is 1.84 bits per heavy atom. The molecule has 25 heavy (non-hydrogen) atoms. The molecule has 0 aliphatic heterocycles. The molecule has 0 atom stereocenters. The van der Waals surface area contributed by atoms with Crippen LogP contribution in [0.25, 0.3) is 0 Å². The lowest BCUT2D eigenvalue weighted by molar-refractivity contribution is -0.122. The van der Waals surface area contributed by atoms with E-state index in [1.807, 2.05) is 67.4 Å². The SMILES string of the molecule is CCOc1ccc(CN(C)CC(=O)NCc2ccccc2OC)cc1. The molecule has 0 saturated heterocycles. The van der Waals surface area contributed by atoms with E-state index in [1.165, 1.54) is 0 Å². The number of methoxy groups -OCH3 is 1. The van der Waals surface area contributed by atoms with Gasteiger partial charge < -0.3 is 14.8 Å². The van der Waals surface area contributed by atoms with Crippen molar-refractivity contribution in [3.05, 3.63) is 59.7 Å². The molecule has 2 aromatic carbocycles. The van der Waals surface area contributed by atoms with Crippen LogP contribution in [0, 0.1) is 0 Å². The second kappa shape index (κ2) is 9.69. The molecule has 134 valence electrons. The zero-order valence-corrected chi connectivity index (χ0v) is 15.1. The summed E-state index contributed by atoms with van der Waals surface area (Å²) in [6.45, 7) is 4.12. The Kier molecular flexibility index (Phi) is 7.29. The number of hydrogen-bond acceptors (Lipinski definition) is 4. The van der Waals surface area contributed by atoms with Crippen LogP contribution in [-0.2, 0) is 17.9 Å². The van der Waals surface area contributed by atoms with Crippen molar-refractivity contribution >= 4 is 5.91 Å². The van der Waals surface area contributed by atoms with Crippen molar-refractivity contribution in [2.45, 2.75) is 20.0 Å². The number of rotatable bonds is 9. The summed E-state index contributed by atoms with van der Waals surface area (Å²) in [5, 5.41) is 2.94. The van der Waals surface area contributed by atoms with Gasteiger partial charge in [-0.1, -0.05) is 30.3 Å². The monoisotopic (exact) mass is 342 g/mol. The number of hydrogen-bond donors (Lipinski definition) is 1. The van der Waals surface area contributed by atoms with E-state index in [9.17, 15) is 4.79 Å². The summed E-state index contributed by atoms with van der Waals surface area (Å²) in [4.78, 5) is 14.1. The molecule has 0 aliphatic carbocycles. The topological polar surface area (TPSA) is 50.8 Å². The molecule has 5 heteroatoms. The van der Waals surface area contributed by atoms with E-state index in [4.69, 9.17) is 9.47 Å². The Morgan fingerprint density at radius 3 is 2.52 bits per heavy atom. The second-order valence-electron chi connectivity index (χ2n) is 5.84. The highest BCUT2D eigenvalue weighted by Crippen LogP contribution is 2.16. The van der Waals surface area contributed by atoms with Crippen molar-refractivity contribution in [3.8, 4) is 11.5 Å². The van der Waals surface area contributed by atoms with Crippen LogP contribution in [-0.4, -0.2) is 38.1 Å². The lowest BCUT2D eigenvalue weighted by Gasteiger charge is -2.17. The van der Waals surface area contributed by atoms with Gasteiger partial charge in [0, 0.05) is 18.7 Å². The summed E-state index contributed by atoms with van der Waals surface area (Å²) >= 11 is 0. The van der Waals surface area contributed by atoms with Crippen molar-refractivity contribution < 1.29 is 14.3 Å². The maximum Gasteiger partial charge on any atom is 0.234 e. The largest absolute Gasteiger partial charge is 0.496 e. The molecule has 2 rings (SSSR count). The Morgan fingerprint density at radius 1 is 1.12 bits per heavy atom. The molecule has 0 fully saturated rings. The molecule has 1 N–H and O–H groups in total. The minimum atomic E-state index is -0.0145. The summed E-state index contributed by atoms with van der Waals surface area (Å²) in [5.74, 6) is 1.63.